The Labute approximate surface area is 142 Å². The summed E-state index contributed by atoms with van der Waals surface area (Å²) in [5.41, 5.74) is 2.89. The van der Waals surface area contributed by atoms with Crippen molar-refractivity contribution in [1.29, 1.82) is 5.26 Å². The van der Waals surface area contributed by atoms with Crippen LogP contribution in [-0.2, 0) is 0 Å². The van der Waals surface area contributed by atoms with Crippen molar-refractivity contribution in [3.63, 3.8) is 0 Å². The van der Waals surface area contributed by atoms with Crippen molar-refractivity contribution in [1.82, 2.24) is 9.80 Å². The van der Waals surface area contributed by atoms with Crippen LogP contribution >= 0.6 is 0 Å². The van der Waals surface area contributed by atoms with E-state index >= 15 is 0 Å². The summed E-state index contributed by atoms with van der Waals surface area (Å²) in [5, 5.41) is 9.54. The molecular weight excluding hydrogens is 298 g/mol. The van der Waals surface area contributed by atoms with E-state index in [1.807, 2.05) is 66.4 Å². The number of carbonyl (C=O) groups excluding carboxylic acids is 1. The van der Waals surface area contributed by atoms with E-state index in [0.29, 0.717) is 26.2 Å². The maximum atomic E-state index is 12.6. The highest BCUT2D eigenvalue weighted by molar-refractivity contribution is 5.94. The first-order chi connectivity index (χ1) is 11.7. The number of hydrogen-bond donors (Lipinski definition) is 0. The highest BCUT2D eigenvalue weighted by atomic mass is 16.2. The lowest BCUT2D eigenvalue weighted by atomic mass is 10.1. The Morgan fingerprint density at radius 1 is 1.00 bits per heavy atom. The zero-order chi connectivity index (χ0) is 16.9. The Morgan fingerprint density at radius 3 is 2.21 bits per heavy atom. The second-order valence-corrected chi connectivity index (χ2v) is 6.14. The lowest BCUT2D eigenvalue weighted by Crippen LogP contribution is -2.49. The molecule has 1 atom stereocenters. The Hall–Kier alpha value is -2.64. The number of piperazine rings is 1. The minimum absolute atomic E-state index is 0.0721. The summed E-state index contributed by atoms with van der Waals surface area (Å²) in [6, 6.07) is 19.7. The monoisotopic (exact) mass is 319 g/mol. The van der Waals surface area contributed by atoms with Gasteiger partial charge in [-0.1, -0.05) is 48.0 Å². The molecule has 0 radical (unpaired) electrons. The van der Waals surface area contributed by atoms with E-state index in [2.05, 4.69) is 11.0 Å². The summed E-state index contributed by atoms with van der Waals surface area (Å²) in [6.07, 6.45) is 0. The number of rotatable bonds is 3. The summed E-state index contributed by atoms with van der Waals surface area (Å²) in [5.74, 6) is 0.0721. The average Bonchev–Trinajstić information content (AvgIpc) is 2.64. The fourth-order valence-corrected chi connectivity index (χ4v) is 3.06. The molecule has 24 heavy (non-hydrogen) atoms. The van der Waals surface area contributed by atoms with E-state index < -0.39 is 0 Å². The van der Waals surface area contributed by atoms with Gasteiger partial charge in [0.2, 0.25) is 0 Å². The van der Waals surface area contributed by atoms with Crippen LogP contribution in [0.15, 0.2) is 54.6 Å². The van der Waals surface area contributed by atoms with Gasteiger partial charge in [-0.05, 0) is 24.6 Å². The number of hydrogen-bond acceptors (Lipinski definition) is 3. The standard InChI is InChI=1S/C20H21N3O/c1-16-7-9-18(10-8-16)20(24)23-13-11-22(12-14-23)19(15-21)17-5-3-2-4-6-17/h2-10,19H,11-14H2,1H3. The fraction of sp³-hybridized carbons (Fsp3) is 0.300. The largest absolute Gasteiger partial charge is 0.336 e. The van der Waals surface area contributed by atoms with E-state index in [-0.39, 0.29) is 11.9 Å². The molecule has 0 N–H and O–H groups in total. The maximum absolute atomic E-state index is 12.6. The molecule has 0 aromatic heterocycles. The van der Waals surface area contributed by atoms with Crippen molar-refractivity contribution < 1.29 is 4.79 Å². The molecule has 1 amide bonds. The first-order valence-corrected chi connectivity index (χ1v) is 8.23. The van der Waals surface area contributed by atoms with Crippen LogP contribution in [0.5, 0.6) is 0 Å². The molecule has 0 spiro atoms. The molecule has 0 bridgehead atoms. The Morgan fingerprint density at radius 2 is 1.62 bits per heavy atom. The topological polar surface area (TPSA) is 47.3 Å². The predicted molar refractivity (Wildman–Crippen MR) is 93.5 cm³/mol. The van der Waals surface area contributed by atoms with Gasteiger partial charge in [-0.2, -0.15) is 5.26 Å². The van der Waals surface area contributed by atoms with Crippen molar-refractivity contribution in [3.05, 3.63) is 71.3 Å². The van der Waals surface area contributed by atoms with Crippen LogP contribution in [0.3, 0.4) is 0 Å². The first kappa shape index (κ1) is 16.2. The number of amides is 1. The third-order valence-corrected chi connectivity index (χ3v) is 4.50. The SMILES string of the molecule is Cc1ccc(C(=O)N2CCN(C(C#N)c3ccccc3)CC2)cc1. The van der Waals surface area contributed by atoms with Gasteiger partial charge in [0.05, 0.1) is 6.07 Å². The van der Waals surface area contributed by atoms with Crippen molar-refractivity contribution in [2.24, 2.45) is 0 Å². The molecule has 1 unspecified atom stereocenters. The molecule has 0 saturated carbocycles. The number of carbonyl (C=O) groups is 1. The number of nitrogens with zero attached hydrogens (tertiary/aromatic N) is 3. The van der Waals surface area contributed by atoms with Crippen LogP contribution in [0.2, 0.25) is 0 Å². The molecule has 1 heterocycles. The minimum atomic E-state index is -0.247. The Kier molecular flexibility index (Phi) is 4.93. The summed E-state index contributed by atoms with van der Waals surface area (Å²) >= 11 is 0. The molecule has 2 aromatic rings. The molecule has 1 fully saturated rings. The summed E-state index contributed by atoms with van der Waals surface area (Å²) in [6.45, 7) is 4.74. The highest BCUT2D eigenvalue weighted by Gasteiger charge is 2.27. The first-order valence-electron chi connectivity index (χ1n) is 8.23. The molecule has 3 rings (SSSR count). The van der Waals surface area contributed by atoms with Gasteiger partial charge in [-0.3, -0.25) is 9.69 Å². The number of benzene rings is 2. The van der Waals surface area contributed by atoms with Gasteiger partial charge in [-0.25, -0.2) is 0 Å². The molecule has 1 saturated heterocycles. The van der Waals surface area contributed by atoms with Crippen molar-refractivity contribution in [2.75, 3.05) is 26.2 Å². The second kappa shape index (κ2) is 7.29. The second-order valence-electron chi connectivity index (χ2n) is 6.14. The van der Waals surface area contributed by atoms with Crippen LogP contribution in [0.25, 0.3) is 0 Å². The van der Waals surface area contributed by atoms with Crippen molar-refractivity contribution >= 4 is 5.91 Å². The lowest BCUT2D eigenvalue weighted by Gasteiger charge is -2.37. The molecule has 1 aliphatic rings. The number of aryl methyl sites for hydroxylation is 1. The van der Waals surface area contributed by atoms with Gasteiger partial charge in [0.15, 0.2) is 0 Å². The number of nitriles is 1. The van der Waals surface area contributed by atoms with Crippen molar-refractivity contribution in [3.8, 4) is 6.07 Å². The molecule has 1 aliphatic heterocycles. The summed E-state index contributed by atoms with van der Waals surface area (Å²) < 4.78 is 0. The molecule has 122 valence electrons. The van der Waals surface area contributed by atoms with Gasteiger partial charge >= 0.3 is 0 Å². The van der Waals surface area contributed by atoms with Crippen LogP contribution in [0.1, 0.15) is 27.5 Å². The fourth-order valence-electron chi connectivity index (χ4n) is 3.06. The van der Waals surface area contributed by atoms with Gasteiger partial charge in [0.1, 0.15) is 6.04 Å². The van der Waals surface area contributed by atoms with E-state index in [4.69, 9.17) is 0 Å². The third-order valence-electron chi connectivity index (χ3n) is 4.50. The van der Waals surface area contributed by atoms with Gasteiger partial charge < -0.3 is 4.90 Å². The highest BCUT2D eigenvalue weighted by Crippen LogP contribution is 2.22. The smallest absolute Gasteiger partial charge is 0.253 e. The lowest BCUT2D eigenvalue weighted by molar-refractivity contribution is 0.0606. The Balaban J connectivity index is 1.64. The van der Waals surface area contributed by atoms with Crippen molar-refractivity contribution in [2.45, 2.75) is 13.0 Å². The van der Waals surface area contributed by atoms with E-state index in [9.17, 15) is 10.1 Å². The molecule has 4 heteroatoms. The van der Waals surface area contributed by atoms with E-state index in [1.165, 1.54) is 0 Å². The molecule has 0 aliphatic carbocycles. The quantitative estimate of drug-likeness (QED) is 0.874. The zero-order valence-electron chi connectivity index (χ0n) is 13.9. The van der Waals surface area contributed by atoms with Crippen LogP contribution in [0.4, 0.5) is 0 Å². The summed E-state index contributed by atoms with van der Waals surface area (Å²) in [4.78, 5) is 16.6. The average molecular weight is 319 g/mol. The Bertz CT molecular complexity index is 726. The summed E-state index contributed by atoms with van der Waals surface area (Å²) in [7, 11) is 0. The maximum Gasteiger partial charge on any atom is 0.253 e. The van der Waals surface area contributed by atoms with Gasteiger partial charge in [0, 0.05) is 31.7 Å². The van der Waals surface area contributed by atoms with Crippen LogP contribution in [0, 0.1) is 18.3 Å². The predicted octanol–water partition coefficient (Wildman–Crippen LogP) is 3.02. The minimum Gasteiger partial charge on any atom is -0.336 e. The third kappa shape index (κ3) is 3.47. The van der Waals surface area contributed by atoms with Crippen LogP contribution < -0.4 is 0 Å². The van der Waals surface area contributed by atoms with Gasteiger partial charge in [0.25, 0.3) is 5.91 Å². The normalized spacial score (nSPS) is 16.4. The van der Waals surface area contributed by atoms with Gasteiger partial charge in [-0.15, -0.1) is 0 Å². The van der Waals surface area contributed by atoms with Crippen LogP contribution in [-0.4, -0.2) is 41.9 Å². The molecule has 4 nitrogen and oxygen atoms in total. The molecule has 2 aromatic carbocycles. The van der Waals surface area contributed by atoms with E-state index in [0.717, 1.165) is 16.7 Å². The van der Waals surface area contributed by atoms with E-state index in [1.54, 1.807) is 0 Å². The zero-order valence-corrected chi connectivity index (χ0v) is 13.9. The molecular formula is C20H21N3O.